The molecule has 0 aliphatic carbocycles. The summed E-state index contributed by atoms with van der Waals surface area (Å²) >= 11 is 0. The molecule has 60 valence electrons. The van der Waals surface area contributed by atoms with Crippen LogP contribution in [0.2, 0.25) is 6.04 Å². The van der Waals surface area contributed by atoms with Gasteiger partial charge in [0.1, 0.15) is 0 Å². The molecule has 0 spiro atoms. The van der Waals surface area contributed by atoms with E-state index in [4.69, 9.17) is 0 Å². The van der Waals surface area contributed by atoms with E-state index < -0.39 is 0 Å². The monoisotopic (exact) mass is 156 g/mol. The van der Waals surface area contributed by atoms with Crippen LogP contribution in [0, 0.1) is 0 Å². The molecule has 0 unspecified atom stereocenters. The molecule has 0 rings (SSSR count). The molecule has 0 radical (unpaired) electrons. The Balaban J connectivity index is 3.40. The zero-order chi connectivity index (χ0) is 7.98. The van der Waals surface area contributed by atoms with Crippen LogP contribution >= 0.6 is 0 Å². The number of hydrogen-bond donors (Lipinski definition) is 0. The van der Waals surface area contributed by atoms with Gasteiger partial charge in [-0.1, -0.05) is 23.6 Å². The minimum atomic E-state index is 1.32. The minimum absolute atomic E-state index is 1.32. The van der Waals surface area contributed by atoms with Gasteiger partial charge < -0.3 is 0 Å². The van der Waals surface area contributed by atoms with E-state index in [2.05, 4.69) is 20.8 Å². The Morgan fingerprint density at radius 2 is 1.70 bits per heavy atom. The molecule has 0 aromatic rings. The van der Waals surface area contributed by atoms with E-state index >= 15 is 0 Å². The Morgan fingerprint density at radius 1 is 1.10 bits per heavy atom. The first kappa shape index (κ1) is 9.96. The summed E-state index contributed by atoms with van der Waals surface area (Å²) < 4.78 is 0. The lowest BCUT2D eigenvalue weighted by atomic mass is 10.1. The molecule has 0 atom stereocenters. The Kier molecular flexibility index (Phi) is 5.70. The molecule has 0 saturated heterocycles. The largest absolute Gasteiger partial charge is 0.0775 e. The van der Waals surface area contributed by atoms with Gasteiger partial charge in [0.15, 0.2) is 0 Å². The molecule has 0 saturated carbocycles. The topological polar surface area (TPSA) is 0 Å². The van der Waals surface area contributed by atoms with E-state index in [0.717, 1.165) is 0 Å². The fourth-order valence-corrected chi connectivity index (χ4v) is 1.39. The van der Waals surface area contributed by atoms with E-state index in [-0.39, 0.29) is 0 Å². The van der Waals surface area contributed by atoms with Gasteiger partial charge in [0.2, 0.25) is 0 Å². The van der Waals surface area contributed by atoms with Crippen LogP contribution in [0.1, 0.15) is 40.0 Å². The third-order valence-electron chi connectivity index (χ3n) is 2.01. The molecule has 0 aliphatic rings. The Hall–Kier alpha value is -0.0431. The quantitative estimate of drug-likeness (QED) is 0.333. The van der Waals surface area contributed by atoms with Crippen molar-refractivity contribution in [1.82, 2.24) is 0 Å². The predicted octanol–water partition coefficient (Wildman–Crippen LogP) is 2.30. The van der Waals surface area contributed by atoms with Gasteiger partial charge in [-0.3, -0.25) is 0 Å². The zero-order valence-corrected chi connectivity index (χ0v) is 9.83. The molecular formula is C9H20Si. The molecule has 0 N–H and O–H groups in total. The van der Waals surface area contributed by atoms with E-state index in [9.17, 15) is 0 Å². The van der Waals surface area contributed by atoms with Crippen molar-refractivity contribution in [3.8, 4) is 0 Å². The van der Waals surface area contributed by atoms with Crippen molar-refractivity contribution in [2.45, 2.75) is 46.1 Å². The number of rotatable bonds is 4. The first-order valence-electron chi connectivity index (χ1n) is 4.31. The summed E-state index contributed by atoms with van der Waals surface area (Å²) in [6, 6.07) is 1.47. The average Bonchev–Trinajstić information content (AvgIpc) is 1.88. The highest BCUT2D eigenvalue weighted by Crippen LogP contribution is 2.11. The lowest BCUT2D eigenvalue weighted by Crippen LogP contribution is -1.81. The van der Waals surface area contributed by atoms with Gasteiger partial charge in [-0.05, 0) is 33.6 Å². The Morgan fingerprint density at radius 3 is 2.10 bits per heavy atom. The van der Waals surface area contributed by atoms with Crippen LogP contribution in [0.15, 0.2) is 11.1 Å². The van der Waals surface area contributed by atoms with E-state index in [0.29, 0.717) is 0 Å². The second kappa shape index (κ2) is 5.72. The van der Waals surface area contributed by atoms with Crippen molar-refractivity contribution in [3.63, 3.8) is 0 Å². The van der Waals surface area contributed by atoms with Crippen LogP contribution in [0.25, 0.3) is 0 Å². The third kappa shape index (κ3) is 4.80. The van der Waals surface area contributed by atoms with Crippen molar-refractivity contribution in [1.29, 1.82) is 0 Å². The maximum atomic E-state index is 2.25. The molecule has 0 nitrogen and oxygen atoms in total. The SMILES string of the molecule is CC(C)=C(C)CCCC[SiH3]. The van der Waals surface area contributed by atoms with Gasteiger partial charge in [-0.25, -0.2) is 0 Å². The molecule has 0 fully saturated rings. The normalized spacial score (nSPS) is 9.90. The van der Waals surface area contributed by atoms with Crippen molar-refractivity contribution < 1.29 is 0 Å². The fraction of sp³-hybridized carbons (Fsp3) is 0.778. The number of allylic oxidation sites excluding steroid dienone is 2. The van der Waals surface area contributed by atoms with Crippen molar-refractivity contribution in [3.05, 3.63) is 11.1 Å². The van der Waals surface area contributed by atoms with Crippen LogP contribution < -0.4 is 0 Å². The van der Waals surface area contributed by atoms with Crippen molar-refractivity contribution in [2.24, 2.45) is 0 Å². The lowest BCUT2D eigenvalue weighted by molar-refractivity contribution is 0.780. The van der Waals surface area contributed by atoms with Crippen LogP contribution in [0.5, 0.6) is 0 Å². The number of hydrogen-bond acceptors (Lipinski definition) is 0. The standard InChI is InChI=1S/C9H20Si/c1-8(2)9(3)6-4-5-7-10/h4-7H2,1-3,10H3. The van der Waals surface area contributed by atoms with Gasteiger partial charge in [0, 0.05) is 10.2 Å². The second-order valence-electron chi connectivity index (χ2n) is 3.24. The maximum Gasteiger partial charge on any atom is 0.00279 e. The molecule has 0 heterocycles. The predicted molar refractivity (Wildman–Crippen MR) is 52.6 cm³/mol. The third-order valence-corrected chi connectivity index (χ3v) is 2.72. The van der Waals surface area contributed by atoms with E-state index in [1.165, 1.54) is 41.1 Å². The summed E-state index contributed by atoms with van der Waals surface area (Å²) in [5.74, 6) is 0. The molecular weight excluding hydrogens is 136 g/mol. The van der Waals surface area contributed by atoms with Gasteiger partial charge >= 0.3 is 0 Å². The Bertz CT molecular complexity index is 110. The van der Waals surface area contributed by atoms with E-state index in [1.54, 1.807) is 5.57 Å². The summed E-state index contributed by atoms with van der Waals surface area (Å²) in [7, 11) is 1.38. The highest BCUT2D eigenvalue weighted by molar-refractivity contribution is 6.08. The summed E-state index contributed by atoms with van der Waals surface area (Å²) in [4.78, 5) is 0. The van der Waals surface area contributed by atoms with Crippen LogP contribution in [-0.4, -0.2) is 10.2 Å². The van der Waals surface area contributed by atoms with Crippen LogP contribution in [0.3, 0.4) is 0 Å². The highest BCUT2D eigenvalue weighted by Gasteiger charge is 1.91. The van der Waals surface area contributed by atoms with Crippen LogP contribution in [-0.2, 0) is 0 Å². The summed E-state index contributed by atoms with van der Waals surface area (Å²) in [5, 5.41) is 0. The summed E-state index contributed by atoms with van der Waals surface area (Å²) in [5.41, 5.74) is 3.10. The molecule has 0 aromatic carbocycles. The molecule has 0 aromatic heterocycles. The molecule has 0 aliphatic heterocycles. The summed E-state index contributed by atoms with van der Waals surface area (Å²) in [6.45, 7) is 6.66. The number of unbranched alkanes of at least 4 members (excludes halogenated alkanes) is 1. The molecule has 10 heavy (non-hydrogen) atoms. The van der Waals surface area contributed by atoms with Gasteiger partial charge in [-0.2, -0.15) is 0 Å². The molecule has 0 amide bonds. The zero-order valence-electron chi connectivity index (χ0n) is 7.83. The first-order chi connectivity index (χ1) is 4.68. The van der Waals surface area contributed by atoms with Gasteiger partial charge in [0.25, 0.3) is 0 Å². The minimum Gasteiger partial charge on any atom is -0.0775 e. The lowest BCUT2D eigenvalue weighted by Gasteiger charge is -2.01. The molecule has 1 heteroatoms. The molecule has 0 bridgehead atoms. The first-order valence-corrected chi connectivity index (χ1v) is 5.72. The van der Waals surface area contributed by atoms with Crippen molar-refractivity contribution >= 4 is 10.2 Å². The fourth-order valence-electron chi connectivity index (χ4n) is 0.890. The highest BCUT2D eigenvalue weighted by atomic mass is 28.1. The average molecular weight is 156 g/mol. The Labute approximate surface area is 68.1 Å². The van der Waals surface area contributed by atoms with Gasteiger partial charge in [-0.15, -0.1) is 0 Å². The van der Waals surface area contributed by atoms with E-state index in [1.807, 2.05) is 0 Å². The summed E-state index contributed by atoms with van der Waals surface area (Å²) in [6.07, 6.45) is 4.17. The maximum absolute atomic E-state index is 2.25. The smallest absolute Gasteiger partial charge is 0.00279 e. The second-order valence-corrected chi connectivity index (χ2v) is 4.24. The van der Waals surface area contributed by atoms with Gasteiger partial charge in [0.05, 0.1) is 0 Å². The van der Waals surface area contributed by atoms with Crippen molar-refractivity contribution in [2.75, 3.05) is 0 Å². The van der Waals surface area contributed by atoms with Crippen LogP contribution in [0.4, 0.5) is 0 Å².